The van der Waals surface area contributed by atoms with Crippen LogP contribution in [-0.4, -0.2) is 67.6 Å². The summed E-state index contributed by atoms with van der Waals surface area (Å²) in [7, 11) is 3.20. The quantitative estimate of drug-likeness (QED) is 0.799. The zero-order valence-corrected chi connectivity index (χ0v) is 16.6. The summed E-state index contributed by atoms with van der Waals surface area (Å²) < 4.78 is 10.7. The van der Waals surface area contributed by atoms with Gasteiger partial charge < -0.3 is 24.6 Å². The van der Waals surface area contributed by atoms with Crippen molar-refractivity contribution in [3.8, 4) is 11.5 Å². The number of hydrogen-bond acceptors (Lipinski definition) is 5. The number of carbonyl (C=O) groups is 2. The number of nitrogens with zero attached hydrogens (tertiary/aromatic N) is 2. The third kappa shape index (κ3) is 3.68. The average Bonchev–Trinajstić information content (AvgIpc) is 3.09. The van der Waals surface area contributed by atoms with E-state index in [-0.39, 0.29) is 17.9 Å². The Morgan fingerprint density at radius 1 is 1.18 bits per heavy atom. The van der Waals surface area contributed by atoms with Crippen molar-refractivity contribution in [1.29, 1.82) is 0 Å². The largest absolute Gasteiger partial charge is 0.497 e. The van der Waals surface area contributed by atoms with Crippen molar-refractivity contribution >= 4 is 11.8 Å². The Kier molecular flexibility index (Phi) is 5.44. The van der Waals surface area contributed by atoms with Crippen molar-refractivity contribution in [2.24, 2.45) is 5.92 Å². The molecule has 0 aromatic heterocycles. The average molecular weight is 387 g/mol. The van der Waals surface area contributed by atoms with Gasteiger partial charge in [0.15, 0.2) is 0 Å². The number of hydrogen-bond donors (Lipinski definition) is 1. The standard InChI is InChI=1S/C21H29N3O4/c1-27-16-4-3-15(19(11-16)28-2)12-24-18(5-6-20(24)25)21(26)22-17-13-23-9-7-14(17)8-10-23/h3-4,11,14,17-18H,5-10,12-13H2,1-2H3,(H,22,26). The second-order valence-corrected chi connectivity index (χ2v) is 8.01. The first-order valence-corrected chi connectivity index (χ1v) is 10.1. The van der Waals surface area contributed by atoms with Gasteiger partial charge in [0.05, 0.1) is 20.8 Å². The minimum Gasteiger partial charge on any atom is -0.497 e. The number of benzene rings is 1. The Morgan fingerprint density at radius 2 is 1.96 bits per heavy atom. The molecule has 0 radical (unpaired) electrons. The minimum atomic E-state index is -0.408. The topological polar surface area (TPSA) is 71.1 Å². The van der Waals surface area contributed by atoms with Gasteiger partial charge in [0.1, 0.15) is 17.5 Å². The van der Waals surface area contributed by atoms with Crippen LogP contribution in [0.15, 0.2) is 18.2 Å². The molecule has 7 nitrogen and oxygen atoms in total. The smallest absolute Gasteiger partial charge is 0.243 e. The van der Waals surface area contributed by atoms with E-state index in [0.29, 0.717) is 36.8 Å². The molecule has 2 unspecified atom stereocenters. The molecule has 4 aliphatic heterocycles. The molecule has 2 atom stereocenters. The first kappa shape index (κ1) is 19.1. The van der Waals surface area contributed by atoms with Crippen LogP contribution in [0, 0.1) is 5.92 Å². The lowest BCUT2D eigenvalue weighted by atomic mass is 9.84. The van der Waals surface area contributed by atoms with Crippen molar-refractivity contribution in [1.82, 2.24) is 15.1 Å². The highest BCUT2D eigenvalue weighted by atomic mass is 16.5. The Balaban J connectivity index is 1.45. The molecule has 2 bridgehead atoms. The summed E-state index contributed by atoms with van der Waals surface area (Å²) in [6, 6.07) is 5.35. The molecule has 0 spiro atoms. The van der Waals surface area contributed by atoms with E-state index in [1.165, 1.54) is 0 Å². The van der Waals surface area contributed by atoms with Crippen LogP contribution < -0.4 is 14.8 Å². The van der Waals surface area contributed by atoms with Crippen molar-refractivity contribution in [2.75, 3.05) is 33.9 Å². The zero-order chi connectivity index (χ0) is 19.7. The molecule has 7 heteroatoms. The summed E-state index contributed by atoms with van der Waals surface area (Å²) in [5.41, 5.74) is 0.874. The molecule has 1 aromatic carbocycles. The zero-order valence-electron chi connectivity index (χ0n) is 16.6. The van der Waals surface area contributed by atoms with Crippen LogP contribution >= 0.6 is 0 Å². The Labute approximate surface area is 166 Å². The van der Waals surface area contributed by atoms with E-state index in [1.54, 1.807) is 25.2 Å². The molecule has 28 heavy (non-hydrogen) atoms. The SMILES string of the molecule is COc1ccc(CN2C(=O)CCC2C(=O)NC2CN3CCC2CC3)c(OC)c1. The third-order valence-corrected chi connectivity index (χ3v) is 6.45. The molecule has 4 fully saturated rings. The van der Waals surface area contributed by atoms with Gasteiger partial charge in [0.2, 0.25) is 11.8 Å². The number of methoxy groups -OCH3 is 2. The van der Waals surface area contributed by atoms with Gasteiger partial charge in [0.25, 0.3) is 0 Å². The molecule has 4 saturated heterocycles. The summed E-state index contributed by atoms with van der Waals surface area (Å²) in [5.74, 6) is 1.94. The Bertz CT molecular complexity index is 745. The summed E-state index contributed by atoms with van der Waals surface area (Å²) in [6.45, 7) is 3.58. The highest BCUT2D eigenvalue weighted by Crippen LogP contribution is 2.31. The van der Waals surface area contributed by atoms with Gasteiger partial charge in [-0.2, -0.15) is 0 Å². The fraction of sp³-hybridized carbons (Fsp3) is 0.619. The maximum atomic E-state index is 13.0. The van der Waals surface area contributed by atoms with Crippen molar-refractivity contribution in [2.45, 2.75) is 44.3 Å². The van der Waals surface area contributed by atoms with Crippen LogP contribution in [0.5, 0.6) is 11.5 Å². The maximum Gasteiger partial charge on any atom is 0.243 e. The molecular weight excluding hydrogens is 358 g/mol. The number of carbonyl (C=O) groups excluding carboxylic acids is 2. The summed E-state index contributed by atoms with van der Waals surface area (Å²) in [4.78, 5) is 29.6. The summed E-state index contributed by atoms with van der Waals surface area (Å²) in [6.07, 6.45) is 3.30. The van der Waals surface area contributed by atoms with E-state index in [0.717, 1.165) is 38.0 Å². The van der Waals surface area contributed by atoms with E-state index in [1.807, 2.05) is 12.1 Å². The highest BCUT2D eigenvalue weighted by Gasteiger charge is 2.40. The van der Waals surface area contributed by atoms with Gasteiger partial charge in [-0.05, 0) is 50.4 Å². The van der Waals surface area contributed by atoms with Crippen molar-refractivity contribution < 1.29 is 19.1 Å². The summed E-state index contributed by atoms with van der Waals surface area (Å²) in [5, 5.41) is 3.25. The van der Waals surface area contributed by atoms with Crippen LogP contribution in [0.25, 0.3) is 0 Å². The second-order valence-electron chi connectivity index (χ2n) is 8.01. The Morgan fingerprint density at radius 3 is 2.61 bits per heavy atom. The molecule has 0 saturated carbocycles. The van der Waals surface area contributed by atoms with E-state index in [2.05, 4.69) is 10.2 Å². The van der Waals surface area contributed by atoms with E-state index >= 15 is 0 Å². The van der Waals surface area contributed by atoms with Crippen molar-refractivity contribution in [3.63, 3.8) is 0 Å². The van der Waals surface area contributed by atoms with Gasteiger partial charge in [-0.15, -0.1) is 0 Å². The molecule has 5 rings (SSSR count). The molecule has 4 heterocycles. The lowest BCUT2D eigenvalue weighted by molar-refractivity contribution is -0.136. The fourth-order valence-corrected chi connectivity index (χ4v) is 4.78. The third-order valence-electron chi connectivity index (χ3n) is 6.45. The van der Waals surface area contributed by atoms with Gasteiger partial charge in [0, 0.05) is 30.6 Å². The molecular formula is C21H29N3O4. The first-order valence-electron chi connectivity index (χ1n) is 10.1. The molecule has 152 valence electrons. The number of rotatable bonds is 6. The molecule has 1 aromatic rings. The molecule has 2 amide bonds. The van der Waals surface area contributed by atoms with Crippen LogP contribution in [0.1, 0.15) is 31.2 Å². The number of ether oxygens (including phenoxy) is 2. The van der Waals surface area contributed by atoms with Gasteiger partial charge in [-0.1, -0.05) is 0 Å². The predicted octanol–water partition coefficient (Wildman–Crippen LogP) is 1.41. The van der Waals surface area contributed by atoms with E-state index in [4.69, 9.17) is 9.47 Å². The minimum absolute atomic E-state index is 0.0166. The van der Waals surface area contributed by atoms with Gasteiger partial charge in [-0.3, -0.25) is 9.59 Å². The maximum absolute atomic E-state index is 13.0. The molecule has 4 aliphatic rings. The van der Waals surface area contributed by atoms with E-state index < -0.39 is 6.04 Å². The number of likely N-dealkylation sites (tertiary alicyclic amines) is 1. The lowest BCUT2D eigenvalue weighted by Gasteiger charge is -2.45. The summed E-state index contributed by atoms with van der Waals surface area (Å²) >= 11 is 0. The van der Waals surface area contributed by atoms with Crippen LogP contribution in [0.3, 0.4) is 0 Å². The van der Waals surface area contributed by atoms with Crippen LogP contribution in [0.4, 0.5) is 0 Å². The second kappa shape index (κ2) is 7.99. The number of amides is 2. The first-order chi connectivity index (χ1) is 13.6. The predicted molar refractivity (Wildman–Crippen MR) is 104 cm³/mol. The van der Waals surface area contributed by atoms with Crippen LogP contribution in [-0.2, 0) is 16.1 Å². The molecule has 1 N–H and O–H groups in total. The van der Waals surface area contributed by atoms with Crippen LogP contribution in [0.2, 0.25) is 0 Å². The fourth-order valence-electron chi connectivity index (χ4n) is 4.78. The number of nitrogens with one attached hydrogen (secondary N) is 1. The number of piperidine rings is 3. The molecule has 0 aliphatic carbocycles. The highest BCUT2D eigenvalue weighted by molar-refractivity contribution is 5.91. The van der Waals surface area contributed by atoms with E-state index in [9.17, 15) is 9.59 Å². The van der Waals surface area contributed by atoms with Gasteiger partial charge >= 0.3 is 0 Å². The Hall–Kier alpha value is -2.28. The van der Waals surface area contributed by atoms with Crippen molar-refractivity contribution in [3.05, 3.63) is 23.8 Å². The number of fused-ring (bicyclic) bond motifs is 3. The monoisotopic (exact) mass is 387 g/mol. The lowest BCUT2D eigenvalue weighted by Crippen LogP contribution is -2.59. The normalized spacial score (nSPS) is 29.1. The van der Waals surface area contributed by atoms with Gasteiger partial charge in [-0.25, -0.2) is 0 Å².